The number of aliphatic hydroxyl groups is 1. The summed E-state index contributed by atoms with van der Waals surface area (Å²) in [6.45, 7) is 0. The van der Waals surface area contributed by atoms with Gasteiger partial charge in [0.1, 0.15) is 0 Å². The Kier molecular flexibility index (Phi) is 4.84. The summed E-state index contributed by atoms with van der Waals surface area (Å²) >= 11 is 12.7. The van der Waals surface area contributed by atoms with Crippen molar-refractivity contribution >= 4 is 43.5 Å². The number of hydrogen-bond acceptors (Lipinski definition) is 1. The lowest BCUT2D eigenvalue weighted by atomic mass is 10.0. The van der Waals surface area contributed by atoms with Crippen LogP contribution in [0, 0.1) is 0 Å². The van der Waals surface area contributed by atoms with Gasteiger partial charge in [0.05, 0.1) is 6.10 Å². The summed E-state index contributed by atoms with van der Waals surface area (Å²) in [4.78, 5) is 0. The third-order valence-electron chi connectivity index (χ3n) is 2.61. The van der Waals surface area contributed by atoms with Gasteiger partial charge < -0.3 is 5.11 Å². The van der Waals surface area contributed by atoms with Crippen LogP contribution in [0.3, 0.4) is 0 Å². The van der Waals surface area contributed by atoms with Gasteiger partial charge in [-0.15, -0.1) is 0 Å². The molecule has 1 nitrogen and oxygen atoms in total. The Morgan fingerprint density at radius 3 is 2.28 bits per heavy atom. The Morgan fingerprint density at radius 2 is 1.67 bits per heavy atom. The summed E-state index contributed by atoms with van der Waals surface area (Å²) in [5.74, 6) is 0. The first-order valence-electron chi connectivity index (χ1n) is 5.43. The molecule has 2 aromatic carbocycles. The zero-order chi connectivity index (χ0) is 13.1. The summed E-state index contributed by atoms with van der Waals surface area (Å²) in [5.41, 5.74) is 1.90. The van der Waals surface area contributed by atoms with Gasteiger partial charge in [-0.05, 0) is 41.5 Å². The summed E-state index contributed by atoms with van der Waals surface area (Å²) in [6.07, 6.45) is 0.0150. The number of halogens is 3. The first-order valence-corrected chi connectivity index (χ1v) is 7.39. The van der Waals surface area contributed by atoms with Crippen molar-refractivity contribution in [1.82, 2.24) is 0 Å². The summed E-state index contributed by atoms with van der Waals surface area (Å²) in [5, 5.41) is 10.8. The maximum absolute atomic E-state index is 10.2. The molecule has 94 valence electrons. The zero-order valence-electron chi connectivity index (χ0n) is 9.41. The first-order chi connectivity index (χ1) is 8.54. The first kappa shape index (κ1) is 14.1. The topological polar surface area (TPSA) is 20.2 Å². The molecule has 4 heteroatoms. The third kappa shape index (κ3) is 3.82. The van der Waals surface area contributed by atoms with Gasteiger partial charge in [0, 0.05) is 20.4 Å². The standard InChI is InChI=1S/C14H11Br2ClO/c15-11-3-1-9(2-4-11)5-14(18)10-6-12(16)8-13(17)7-10/h1-4,6-8,14,18H,5H2. The van der Waals surface area contributed by atoms with E-state index in [0.717, 1.165) is 20.1 Å². The number of aliphatic hydroxyl groups excluding tert-OH is 1. The van der Waals surface area contributed by atoms with Gasteiger partial charge in [-0.1, -0.05) is 55.6 Å². The van der Waals surface area contributed by atoms with Crippen LogP contribution in [-0.2, 0) is 6.42 Å². The zero-order valence-corrected chi connectivity index (χ0v) is 13.3. The fourth-order valence-corrected chi connectivity index (χ4v) is 2.88. The summed E-state index contributed by atoms with van der Waals surface area (Å²) in [7, 11) is 0. The van der Waals surface area contributed by atoms with E-state index in [2.05, 4.69) is 31.9 Å². The van der Waals surface area contributed by atoms with Crippen molar-refractivity contribution in [2.24, 2.45) is 0 Å². The second kappa shape index (κ2) is 6.20. The van der Waals surface area contributed by atoms with Crippen molar-refractivity contribution in [3.05, 3.63) is 67.6 Å². The molecule has 18 heavy (non-hydrogen) atoms. The minimum atomic E-state index is -0.554. The average Bonchev–Trinajstić information content (AvgIpc) is 2.31. The lowest BCUT2D eigenvalue weighted by Gasteiger charge is -2.12. The molecule has 0 aliphatic rings. The number of rotatable bonds is 3. The van der Waals surface area contributed by atoms with Gasteiger partial charge in [-0.3, -0.25) is 0 Å². The normalized spacial score (nSPS) is 12.4. The van der Waals surface area contributed by atoms with Crippen molar-refractivity contribution in [2.75, 3.05) is 0 Å². The third-order valence-corrected chi connectivity index (χ3v) is 3.82. The Bertz CT molecular complexity index is 520. The maximum atomic E-state index is 10.2. The molecular formula is C14H11Br2ClO. The van der Waals surface area contributed by atoms with Crippen molar-refractivity contribution in [2.45, 2.75) is 12.5 Å². The second-order valence-electron chi connectivity index (χ2n) is 4.05. The SMILES string of the molecule is OC(Cc1ccc(Br)cc1)c1cc(Cl)cc(Br)c1. The molecule has 0 aliphatic carbocycles. The molecule has 0 aromatic heterocycles. The molecule has 2 aromatic rings. The molecule has 2 rings (SSSR count). The molecule has 0 fully saturated rings. The molecule has 1 N–H and O–H groups in total. The van der Waals surface area contributed by atoms with Crippen molar-refractivity contribution < 1.29 is 5.11 Å². The van der Waals surface area contributed by atoms with E-state index in [0.29, 0.717) is 11.4 Å². The fourth-order valence-electron chi connectivity index (χ4n) is 1.73. The Hall–Kier alpha value is -0.350. The van der Waals surface area contributed by atoms with Gasteiger partial charge in [0.15, 0.2) is 0 Å². The van der Waals surface area contributed by atoms with Crippen LogP contribution in [0.15, 0.2) is 51.4 Å². The second-order valence-corrected chi connectivity index (χ2v) is 6.32. The van der Waals surface area contributed by atoms with Gasteiger partial charge in [-0.2, -0.15) is 0 Å². The average molecular weight is 391 g/mol. The molecule has 0 spiro atoms. The quantitative estimate of drug-likeness (QED) is 0.769. The molecule has 1 unspecified atom stereocenters. The van der Waals surface area contributed by atoms with Gasteiger partial charge in [-0.25, -0.2) is 0 Å². The summed E-state index contributed by atoms with van der Waals surface area (Å²) < 4.78 is 1.91. The van der Waals surface area contributed by atoms with Crippen LogP contribution in [0.4, 0.5) is 0 Å². The largest absolute Gasteiger partial charge is 0.388 e. The Balaban J connectivity index is 2.16. The van der Waals surface area contributed by atoms with Crippen LogP contribution < -0.4 is 0 Å². The van der Waals surface area contributed by atoms with E-state index in [-0.39, 0.29) is 0 Å². The van der Waals surface area contributed by atoms with E-state index in [9.17, 15) is 5.11 Å². The number of hydrogen-bond donors (Lipinski definition) is 1. The molecule has 0 amide bonds. The van der Waals surface area contributed by atoms with Crippen LogP contribution in [0.2, 0.25) is 5.02 Å². The van der Waals surface area contributed by atoms with E-state index in [1.165, 1.54) is 0 Å². The summed E-state index contributed by atoms with van der Waals surface area (Å²) in [6, 6.07) is 13.4. The molecule has 0 heterocycles. The van der Waals surface area contributed by atoms with Gasteiger partial charge in [0.25, 0.3) is 0 Å². The molecule has 0 aliphatic heterocycles. The molecule has 0 saturated carbocycles. The number of benzene rings is 2. The molecular weight excluding hydrogens is 379 g/mol. The van der Waals surface area contributed by atoms with E-state index < -0.39 is 6.10 Å². The smallest absolute Gasteiger partial charge is 0.0831 e. The van der Waals surface area contributed by atoms with E-state index in [4.69, 9.17) is 11.6 Å². The highest BCUT2D eigenvalue weighted by Gasteiger charge is 2.10. The molecule has 1 atom stereocenters. The maximum Gasteiger partial charge on any atom is 0.0831 e. The minimum Gasteiger partial charge on any atom is -0.388 e. The van der Waals surface area contributed by atoms with E-state index in [1.54, 1.807) is 12.1 Å². The Labute approximate surface area is 128 Å². The predicted octanol–water partition coefficient (Wildman–Crippen LogP) is 5.14. The fraction of sp³-hybridized carbons (Fsp3) is 0.143. The van der Waals surface area contributed by atoms with Gasteiger partial charge in [0.2, 0.25) is 0 Å². The van der Waals surface area contributed by atoms with E-state index >= 15 is 0 Å². The minimum absolute atomic E-state index is 0.554. The molecule has 0 saturated heterocycles. The highest BCUT2D eigenvalue weighted by atomic mass is 79.9. The van der Waals surface area contributed by atoms with E-state index in [1.807, 2.05) is 30.3 Å². The molecule has 0 radical (unpaired) electrons. The molecule has 0 bridgehead atoms. The van der Waals surface area contributed by atoms with Crippen molar-refractivity contribution in [3.63, 3.8) is 0 Å². The monoisotopic (exact) mass is 388 g/mol. The van der Waals surface area contributed by atoms with Crippen molar-refractivity contribution in [1.29, 1.82) is 0 Å². The van der Waals surface area contributed by atoms with Gasteiger partial charge >= 0.3 is 0 Å². The van der Waals surface area contributed by atoms with Crippen LogP contribution in [0.1, 0.15) is 17.2 Å². The van der Waals surface area contributed by atoms with Crippen LogP contribution in [-0.4, -0.2) is 5.11 Å². The predicted molar refractivity (Wildman–Crippen MR) is 82.0 cm³/mol. The lowest BCUT2D eigenvalue weighted by Crippen LogP contribution is -2.01. The van der Waals surface area contributed by atoms with Crippen LogP contribution in [0.25, 0.3) is 0 Å². The highest BCUT2D eigenvalue weighted by Crippen LogP contribution is 2.26. The lowest BCUT2D eigenvalue weighted by molar-refractivity contribution is 0.178. The Morgan fingerprint density at radius 1 is 1.00 bits per heavy atom. The van der Waals surface area contributed by atoms with Crippen LogP contribution >= 0.6 is 43.5 Å². The van der Waals surface area contributed by atoms with Crippen molar-refractivity contribution in [3.8, 4) is 0 Å². The van der Waals surface area contributed by atoms with Crippen LogP contribution in [0.5, 0.6) is 0 Å². The highest BCUT2D eigenvalue weighted by molar-refractivity contribution is 9.10.